The predicted molar refractivity (Wildman–Crippen MR) is 51.6 cm³/mol. The molecule has 0 aliphatic carbocycles. The highest BCUT2D eigenvalue weighted by Gasteiger charge is 2.31. The fourth-order valence-corrected chi connectivity index (χ4v) is 1.50. The molecule has 3 heteroatoms. The summed E-state index contributed by atoms with van der Waals surface area (Å²) in [6.07, 6.45) is 1.08. The number of alkyl halides is 1. The Morgan fingerprint density at radius 2 is 2.00 bits per heavy atom. The van der Waals surface area contributed by atoms with Crippen LogP contribution in [0.25, 0.3) is 0 Å². The average Bonchev–Trinajstić information content (AvgIpc) is 2.04. The molecule has 0 bridgehead atoms. The Balaban J connectivity index is 2.17. The molecule has 13 heavy (non-hydrogen) atoms. The van der Waals surface area contributed by atoms with Crippen LogP contribution in [-0.2, 0) is 4.74 Å². The Morgan fingerprint density at radius 1 is 1.38 bits per heavy atom. The summed E-state index contributed by atoms with van der Waals surface area (Å²) in [7, 11) is 0. The second-order valence-electron chi connectivity index (χ2n) is 4.29. The first-order valence-corrected chi connectivity index (χ1v) is 5.10. The van der Waals surface area contributed by atoms with Crippen molar-refractivity contribution >= 4 is 0 Å². The molecule has 0 unspecified atom stereocenters. The summed E-state index contributed by atoms with van der Waals surface area (Å²) in [5.74, 6) is 0.587. The summed E-state index contributed by atoms with van der Waals surface area (Å²) in [6.45, 7) is 6.77. The second kappa shape index (κ2) is 4.91. The Hall–Kier alpha value is -0.150. The van der Waals surface area contributed by atoms with Gasteiger partial charge in [0.15, 0.2) is 0 Å². The monoisotopic (exact) mass is 189 g/mol. The topological polar surface area (TPSA) is 21.3 Å². The third-order valence-electron chi connectivity index (χ3n) is 2.38. The SMILES string of the molecule is CC(C)CNCC1(F)CCOCC1. The van der Waals surface area contributed by atoms with E-state index in [2.05, 4.69) is 19.2 Å². The predicted octanol–water partition coefficient (Wildman–Crippen LogP) is 1.75. The summed E-state index contributed by atoms with van der Waals surface area (Å²) < 4.78 is 19.0. The molecule has 1 saturated heterocycles. The number of hydrogen-bond acceptors (Lipinski definition) is 2. The van der Waals surface area contributed by atoms with E-state index in [-0.39, 0.29) is 0 Å². The molecule has 0 aromatic rings. The van der Waals surface area contributed by atoms with Crippen LogP contribution in [0.1, 0.15) is 26.7 Å². The van der Waals surface area contributed by atoms with Crippen molar-refractivity contribution in [2.75, 3.05) is 26.3 Å². The summed E-state index contributed by atoms with van der Waals surface area (Å²) in [4.78, 5) is 0. The third kappa shape index (κ3) is 4.05. The van der Waals surface area contributed by atoms with Crippen molar-refractivity contribution in [3.8, 4) is 0 Å². The molecule has 78 valence electrons. The highest BCUT2D eigenvalue weighted by Crippen LogP contribution is 2.24. The van der Waals surface area contributed by atoms with E-state index >= 15 is 0 Å². The van der Waals surface area contributed by atoms with Gasteiger partial charge < -0.3 is 10.1 Å². The second-order valence-corrected chi connectivity index (χ2v) is 4.29. The van der Waals surface area contributed by atoms with Gasteiger partial charge in [0.1, 0.15) is 5.67 Å². The van der Waals surface area contributed by atoms with E-state index in [0.29, 0.717) is 38.5 Å². The van der Waals surface area contributed by atoms with Gasteiger partial charge in [0, 0.05) is 32.6 Å². The van der Waals surface area contributed by atoms with Gasteiger partial charge in [0.25, 0.3) is 0 Å². The van der Waals surface area contributed by atoms with Crippen molar-refractivity contribution in [1.82, 2.24) is 5.32 Å². The molecule has 0 amide bonds. The van der Waals surface area contributed by atoms with Gasteiger partial charge >= 0.3 is 0 Å². The number of halogens is 1. The first kappa shape index (κ1) is 10.9. The van der Waals surface area contributed by atoms with Crippen molar-refractivity contribution in [3.05, 3.63) is 0 Å². The van der Waals surface area contributed by atoms with Crippen LogP contribution in [-0.4, -0.2) is 32.0 Å². The first-order chi connectivity index (χ1) is 6.12. The van der Waals surface area contributed by atoms with Gasteiger partial charge in [-0.3, -0.25) is 0 Å². The lowest BCUT2D eigenvalue weighted by atomic mass is 9.96. The molecule has 1 rings (SSSR count). The Labute approximate surface area is 79.8 Å². The van der Waals surface area contributed by atoms with E-state index in [1.54, 1.807) is 0 Å². The first-order valence-electron chi connectivity index (χ1n) is 5.10. The minimum absolute atomic E-state index is 0.481. The van der Waals surface area contributed by atoms with Gasteiger partial charge in [-0.2, -0.15) is 0 Å². The van der Waals surface area contributed by atoms with E-state index in [4.69, 9.17) is 4.74 Å². The van der Waals surface area contributed by atoms with Crippen LogP contribution in [0.4, 0.5) is 4.39 Å². The molecule has 0 aromatic heterocycles. The zero-order chi connectivity index (χ0) is 9.73. The molecule has 1 N–H and O–H groups in total. The minimum atomic E-state index is -1.02. The largest absolute Gasteiger partial charge is 0.381 e. The average molecular weight is 189 g/mol. The normalized spacial score (nSPS) is 22.2. The van der Waals surface area contributed by atoms with Crippen LogP contribution < -0.4 is 5.32 Å². The fourth-order valence-electron chi connectivity index (χ4n) is 1.50. The summed E-state index contributed by atoms with van der Waals surface area (Å²) in [5.41, 5.74) is -1.02. The van der Waals surface area contributed by atoms with E-state index in [1.165, 1.54) is 0 Å². The molecule has 0 atom stereocenters. The smallest absolute Gasteiger partial charge is 0.127 e. The van der Waals surface area contributed by atoms with Gasteiger partial charge in [-0.15, -0.1) is 0 Å². The molecular weight excluding hydrogens is 169 g/mol. The van der Waals surface area contributed by atoms with E-state index in [9.17, 15) is 4.39 Å². The molecule has 0 saturated carbocycles. The highest BCUT2D eigenvalue weighted by molar-refractivity contribution is 4.84. The minimum Gasteiger partial charge on any atom is -0.381 e. The maximum atomic E-state index is 13.9. The van der Waals surface area contributed by atoms with E-state index in [0.717, 1.165) is 6.54 Å². The number of hydrogen-bond donors (Lipinski definition) is 1. The van der Waals surface area contributed by atoms with Crippen molar-refractivity contribution in [2.24, 2.45) is 5.92 Å². The lowest BCUT2D eigenvalue weighted by Gasteiger charge is -2.29. The third-order valence-corrected chi connectivity index (χ3v) is 2.38. The summed E-state index contributed by atoms with van der Waals surface area (Å²) in [5, 5.41) is 3.16. The van der Waals surface area contributed by atoms with Crippen LogP contribution >= 0.6 is 0 Å². The van der Waals surface area contributed by atoms with Gasteiger partial charge in [-0.05, 0) is 12.5 Å². The Morgan fingerprint density at radius 3 is 2.54 bits per heavy atom. The molecule has 1 aliphatic heterocycles. The molecule has 1 aliphatic rings. The Kier molecular flexibility index (Phi) is 4.13. The van der Waals surface area contributed by atoms with Gasteiger partial charge in [0.2, 0.25) is 0 Å². The lowest BCUT2D eigenvalue weighted by molar-refractivity contribution is -0.00796. The van der Waals surface area contributed by atoms with E-state index < -0.39 is 5.67 Å². The quantitative estimate of drug-likeness (QED) is 0.727. The van der Waals surface area contributed by atoms with Gasteiger partial charge in [-0.25, -0.2) is 4.39 Å². The van der Waals surface area contributed by atoms with Crippen molar-refractivity contribution in [2.45, 2.75) is 32.4 Å². The summed E-state index contributed by atoms with van der Waals surface area (Å²) >= 11 is 0. The van der Waals surface area contributed by atoms with Crippen LogP contribution in [0.2, 0.25) is 0 Å². The van der Waals surface area contributed by atoms with Crippen molar-refractivity contribution < 1.29 is 9.13 Å². The van der Waals surface area contributed by atoms with E-state index in [1.807, 2.05) is 0 Å². The fraction of sp³-hybridized carbons (Fsp3) is 1.00. The summed E-state index contributed by atoms with van der Waals surface area (Å²) in [6, 6.07) is 0. The highest BCUT2D eigenvalue weighted by atomic mass is 19.1. The molecular formula is C10H20FNO. The zero-order valence-electron chi connectivity index (χ0n) is 8.61. The maximum absolute atomic E-state index is 13.9. The van der Waals surface area contributed by atoms with Crippen LogP contribution in [0.5, 0.6) is 0 Å². The van der Waals surface area contributed by atoms with Crippen molar-refractivity contribution in [1.29, 1.82) is 0 Å². The molecule has 0 spiro atoms. The number of rotatable bonds is 4. The molecule has 1 fully saturated rings. The van der Waals surface area contributed by atoms with Gasteiger partial charge in [0.05, 0.1) is 0 Å². The maximum Gasteiger partial charge on any atom is 0.127 e. The number of ether oxygens (including phenoxy) is 1. The number of nitrogens with one attached hydrogen (secondary N) is 1. The molecule has 0 radical (unpaired) electrons. The lowest BCUT2D eigenvalue weighted by Crippen LogP contribution is -2.42. The van der Waals surface area contributed by atoms with Crippen LogP contribution in [0, 0.1) is 5.92 Å². The standard InChI is InChI=1S/C10H20FNO/c1-9(2)7-12-8-10(11)3-5-13-6-4-10/h9,12H,3-8H2,1-2H3. The zero-order valence-corrected chi connectivity index (χ0v) is 8.61. The molecule has 2 nitrogen and oxygen atoms in total. The van der Waals surface area contributed by atoms with Crippen LogP contribution in [0.3, 0.4) is 0 Å². The van der Waals surface area contributed by atoms with Crippen LogP contribution in [0.15, 0.2) is 0 Å². The Bertz CT molecular complexity index is 144. The van der Waals surface area contributed by atoms with Crippen molar-refractivity contribution in [3.63, 3.8) is 0 Å². The molecule has 1 heterocycles. The van der Waals surface area contributed by atoms with Gasteiger partial charge in [-0.1, -0.05) is 13.8 Å². The molecule has 0 aromatic carbocycles.